The molecule has 0 saturated carbocycles. The Morgan fingerprint density at radius 2 is 1.65 bits per heavy atom. The molecule has 3 rings (SSSR count). The smallest absolute Gasteiger partial charge is 0.0130 e. The number of benzene rings is 2. The van der Waals surface area contributed by atoms with Gasteiger partial charge < -0.3 is 0 Å². The van der Waals surface area contributed by atoms with E-state index in [9.17, 15) is 0 Å². The summed E-state index contributed by atoms with van der Waals surface area (Å²) in [5, 5.41) is 0. The van der Waals surface area contributed by atoms with Crippen molar-refractivity contribution in [2.24, 2.45) is 0 Å². The number of hydrogen-bond donors (Lipinski definition) is 0. The van der Waals surface area contributed by atoms with Crippen molar-refractivity contribution in [3.8, 4) is 11.1 Å². The van der Waals surface area contributed by atoms with Crippen molar-refractivity contribution < 1.29 is 0 Å². The Labute approximate surface area is 153 Å². The molecule has 23 heavy (non-hydrogen) atoms. The van der Waals surface area contributed by atoms with Gasteiger partial charge in [-0.25, -0.2) is 0 Å². The summed E-state index contributed by atoms with van der Waals surface area (Å²) < 4.78 is 1.28. The summed E-state index contributed by atoms with van der Waals surface area (Å²) in [5.41, 5.74) is 8.41. The van der Waals surface area contributed by atoms with Crippen LogP contribution in [0.3, 0.4) is 0 Å². The molecule has 0 heterocycles. The van der Waals surface area contributed by atoms with Crippen molar-refractivity contribution in [1.82, 2.24) is 0 Å². The van der Waals surface area contributed by atoms with Crippen LogP contribution in [-0.2, 0) is 5.41 Å². The van der Waals surface area contributed by atoms with E-state index in [0.717, 1.165) is 6.42 Å². The van der Waals surface area contributed by atoms with Crippen LogP contribution in [0.15, 0.2) is 60.2 Å². The molecule has 1 aliphatic carbocycles. The average Bonchev–Trinajstić information content (AvgIpc) is 2.73. The molecule has 0 unspecified atom stereocenters. The van der Waals surface area contributed by atoms with Crippen LogP contribution in [0.4, 0.5) is 0 Å². The molecule has 0 radical (unpaired) electrons. The number of halogens is 1. The number of fused-ring (bicyclic) bond motifs is 1. The van der Waals surface area contributed by atoms with Gasteiger partial charge in [0, 0.05) is 8.99 Å². The van der Waals surface area contributed by atoms with Gasteiger partial charge in [-0.1, -0.05) is 62.8 Å². The topological polar surface area (TPSA) is 0 Å². The van der Waals surface area contributed by atoms with E-state index in [4.69, 9.17) is 0 Å². The first kappa shape index (κ1) is 16.5. The molecule has 0 aliphatic heterocycles. The molecule has 2 aromatic carbocycles. The lowest BCUT2D eigenvalue weighted by atomic mass is 9.81. The lowest BCUT2D eigenvalue weighted by Crippen LogP contribution is -2.15. The second-order valence-corrected chi connectivity index (χ2v) is 7.99. The van der Waals surface area contributed by atoms with Crippen LogP contribution < -0.4 is 0 Å². The zero-order valence-corrected chi connectivity index (χ0v) is 16.4. The first-order chi connectivity index (χ1) is 10.9. The van der Waals surface area contributed by atoms with Gasteiger partial charge in [-0.3, -0.25) is 0 Å². The third kappa shape index (κ3) is 2.91. The third-order valence-corrected chi connectivity index (χ3v) is 5.74. The molecule has 0 amide bonds. The minimum Gasteiger partial charge on any atom is -0.0842 e. The zero-order valence-electron chi connectivity index (χ0n) is 14.3. The molecule has 2 aromatic rings. The first-order valence-corrected chi connectivity index (χ1v) is 9.31. The van der Waals surface area contributed by atoms with Crippen LogP contribution in [0, 0.1) is 3.57 Å². The van der Waals surface area contributed by atoms with Gasteiger partial charge in [-0.15, -0.1) is 0 Å². The van der Waals surface area contributed by atoms with Crippen LogP contribution >= 0.6 is 22.6 Å². The van der Waals surface area contributed by atoms with E-state index >= 15 is 0 Å². The predicted molar refractivity (Wildman–Crippen MR) is 110 cm³/mol. The average molecular weight is 414 g/mol. The minimum atomic E-state index is 0.0992. The van der Waals surface area contributed by atoms with E-state index < -0.39 is 0 Å². The van der Waals surface area contributed by atoms with Gasteiger partial charge >= 0.3 is 0 Å². The van der Waals surface area contributed by atoms with Crippen molar-refractivity contribution in [2.75, 3.05) is 0 Å². The van der Waals surface area contributed by atoms with Gasteiger partial charge in [-0.2, -0.15) is 0 Å². The molecule has 0 aromatic heterocycles. The molecule has 0 saturated heterocycles. The fourth-order valence-electron chi connectivity index (χ4n) is 3.31. The molecule has 0 bridgehead atoms. The maximum Gasteiger partial charge on any atom is 0.0130 e. The molecule has 0 spiro atoms. The van der Waals surface area contributed by atoms with Crippen molar-refractivity contribution in [2.45, 2.75) is 39.5 Å². The number of rotatable bonds is 3. The largest absolute Gasteiger partial charge is 0.0842 e. The molecule has 118 valence electrons. The molecule has 1 heteroatoms. The molecule has 0 fully saturated rings. The van der Waals surface area contributed by atoms with Crippen LogP contribution in [0.5, 0.6) is 0 Å². The highest BCUT2D eigenvalue weighted by Crippen LogP contribution is 2.47. The van der Waals surface area contributed by atoms with Gasteiger partial charge in [0.15, 0.2) is 0 Å². The zero-order chi connectivity index (χ0) is 16.6. The summed E-state index contributed by atoms with van der Waals surface area (Å²) in [6, 6.07) is 15.7. The summed E-state index contributed by atoms with van der Waals surface area (Å²) in [7, 11) is 0. The van der Waals surface area contributed by atoms with E-state index in [1.807, 2.05) is 0 Å². The minimum absolute atomic E-state index is 0.0992. The van der Waals surface area contributed by atoms with Gasteiger partial charge in [0.2, 0.25) is 0 Å². The van der Waals surface area contributed by atoms with Crippen LogP contribution in [0.1, 0.15) is 45.2 Å². The highest BCUT2D eigenvalue weighted by molar-refractivity contribution is 14.1. The monoisotopic (exact) mass is 414 g/mol. The molecule has 0 atom stereocenters. The van der Waals surface area contributed by atoms with E-state index in [0.29, 0.717) is 0 Å². The SMILES string of the molecule is CC/C=C\C1=C(C)C(C)(C)c2cc(-c3ccc(I)cc3)ccc21. The van der Waals surface area contributed by atoms with Crippen molar-refractivity contribution in [3.63, 3.8) is 0 Å². The normalized spacial score (nSPS) is 16.2. The molecule has 0 N–H and O–H groups in total. The summed E-state index contributed by atoms with van der Waals surface area (Å²) >= 11 is 2.35. The van der Waals surface area contributed by atoms with Crippen molar-refractivity contribution >= 4 is 28.2 Å². The maximum absolute atomic E-state index is 2.38. The van der Waals surface area contributed by atoms with Gasteiger partial charge in [0.1, 0.15) is 0 Å². The fourth-order valence-corrected chi connectivity index (χ4v) is 3.67. The van der Waals surface area contributed by atoms with Crippen LogP contribution in [0.25, 0.3) is 16.7 Å². The van der Waals surface area contributed by atoms with Gasteiger partial charge in [0.05, 0.1) is 0 Å². The Morgan fingerprint density at radius 1 is 1.00 bits per heavy atom. The molecular weight excluding hydrogens is 391 g/mol. The predicted octanol–water partition coefficient (Wildman–Crippen LogP) is 6.99. The number of allylic oxidation sites excluding steroid dienone is 4. The Hall–Kier alpha value is -1.35. The van der Waals surface area contributed by atoms with E-state index in [2.05, 4.69) is 105 Å². The van der Waals surface area contributed by atoms with Crippen LogP contribution in [0.2, 0.25) is 0 Å². The fraction of sp³-hybridized carbons (Fsp3) is 0.273. The molecular formula is C22H23I. The van der Waals surface area contributed by atoms with Crippen molar-refractivity contribution in [1.29, 1.82) is 0 Å². The van der Waals surface area contributed by atoms with Gasteiger partial charge in [-0.05, 0) is 82.0 Å². The second-order valence-electron chi connectivity index (χ2n) is 6.74. The highest BCUT2D eigenvalue weighted by atomic mass is 127. The Kier molecular flexibility index (Phi) is 4.50. The Morgan fingerprint density at radius 3 is 2.30 bits per heavy atom. The van der Waals surface area contributed by atoms with E-state index in [1.165, 1.54) is 37.0 Å². The quantitative estimate of drug-likeness (QED) is 0.475. The highest BCUT2D eigenvalue weighted by Gasteiger charge is 2.34. The lowest BCUT2D eigenvalue weighted by molar-refractivity contribution is 0.639. The van der Waals surface area contributed by atoms with Crippen molar-refractivity contribution in [3.05, 3.63) is 74.9 Å². The summed E-state index contributed by atoms with van der Waals surface area (Å²) in [6.45, 7) is 9.14. The molecule has 0 nitrogen and oxygen atoms in total. The third-order valence-electron chi connectivity index (χ3n) is 5.02. The first-order valence-electron chi connectivity index (χ1n) is 8.24. The van der Waals surface area contributed by atoms with E-state index in [1.54, 1.807) is 0 Å². The van der Waals surface area contributed by atoms with E-state index in [-0.39, 0.29) is 5.41 Å². The molecule has 1 aliphatic rings. The Balaban J connectivity index is 2.10. The van der Waals surface area contributed by atoms with Gasteiger partial charge in [0.25, 0.3) is 0 Å². The number of hydrogen-bond acceptors (Lipinski definition) is 0. The summed E-state index contributed by atoms with van der Waals surface area (Å²) in [4.78, 5) is 0. The summed E-state index contributed by atoms with van der Waals surface area (Å²) in [6.07, 6.45) is 5.64. The van der Waals surface area contributed by atoms with Crippen LogP contribution in [-0.4, -0.2) is 0 Å². The Bertz CT molecular complexity index is 789. The second kappa shape index (κ2) is 6.27. The summed E-state index contributed by atoms with van der Waals surface area (Å²) in [5.74, 6) is 0. The maximum atomic E-state index is 2.38. The lowest BCUT2D eigenvalue weighted by Gasteiger charge is -2.23. The standard InChI is InChI=1S/C22H23I/c1-5-6-7-19-15(2)22(3,4)21-14-17(10-13-20(19)21)16-8-11-18(23)12-9-16/h6-14H,5H2,1-4H3/b7-6-.